The normalized spacial score (nSPS) is 32.6. The zero-order valence-electron chi connectivity index (χ0n) is 28.3. The molecule has 0 spiro atoms. The molecule has 2 fully saturated rings. The van der Waals surface area contributed by atoms with Crippen LogP contribution in [0.4, 0.5) is 0 Å². The van der Waals surface area contributed by atoms with Gasteiger partial charge in [0.2, 0.25) is 5.91 Å². The zero-order chi connectivity index (χ0) is 34.8. The molecule has 47 heavy (non-hydrogen) atoms. The van der Waals surface area contributed by atoms with Gasteiger partial charge in [-0.1, -0.05) is 90.9 Å². The summed E-state index contributed by atoms with van der Waals surface area (Å²) in [5.74, 6) is -0.222. The largest absolute Gasteiger partial charge is 0.394 e. The Morgan fingerprint density at radius 1 is 0.681 bits per heavy atom. The number of hydrogen-bond donors (Lipinski definition) is 9. The van der Waals surface area contributed by atoms with E-state index in [9.17, 15) is 45.6 Å². The molecule has 1 amide bonds. The van der Waals surface area contributed by atoms with Crippen LogP contribution in [-0.4, -0.2) is 140 Å². The van der Waals surface area contributed by atoms with Gasteiger partial charge < -0.3 is 65.1 Å². The number of carbonyl (C=O) groups is 1. The Kier molecular flexibility index (Phi) is 21.0. The van der Waals surface area contributed by atoms with E-state index in [2.05, 4.69) is 19.2 Å². The van der Waals surface area contributed by atoms with Gasteiger partial charge in [-0.2, -0.15) is 0 Å². The number of hydrogen-bond acceptors (Lipinski definition) is 13. The summed E-state index contributed by atoms with van der Waals surface area (Å²) in [6.45, 7) is 2.63. The highest BCUT2D eigenvalue weighted by Crippen LogP contribution is 2.29. The summed E-state index contributed by atoms with van der Waals surface area (Å²) in [5.41, 5.74) is 0. The van der Waals surface area contributed by atoms with Gasteiger partial charge in [0.15, 0.2) is 12.6 Å². The van der Waals surface area contributed by atoms with Gasteiger partial charge in [-0.05, 0) is 12.8 Å². The monoisotopic (exact) mass is 681 g/mol. The summed E-state index contributed by atoms with van der Waals surface area (Å²) >= 11 is 0. The van der Waals surface area contributed by atoms with Crippen LogP contribution < -0.4 is 5.32 Å². The molecule has 0 bridgehead atoms. The second-order valence-electron chi connectivity index (χ2n) is 13.0. The van der Waals surface area contributed by atoms with E-state index in [0.717, 1.165) is 51.4 Å². The van der Waals surface area contributed by atoms with Crippen LogP contribution in [0.3, 0.4) is 0 Å². The van der Waals surface area contributed by atoms with Crippen molar-refractivity contribution < 1.29 is 64.6 Å². The molecule has 14 heteroatoms. The summed E-state index contributed by atoms with van der Waals surface area (Å²) < 4.78 is 22.4. The van der Waals surface area contributed by atoms with Gasteiger partial charge in [-0.15, -0.1) is 0 Å². The Labute approximate surface area is 279 Å². The molecule has 12 unspecified atom stereocenters. The molecular weight excluding hydrogens is 618 g/mol. The number of carbonyl (C=O) groups excluding carboxylic acids is 1. The standard InChI is InChI=1S/C33H63NO13/c1-3-5-7-9-10-11-12-13-15-17-25(38)34-21(22(37)16-14-8-6-4-2)20-44-32-30(43)28(41)31(24(19-36)46-32)47-33-29(42)27(40)26(39)23(18-35)45-33/h21-24,26-33,35-37,39-43H,3-20H2,1-2H3,(H,34,38). The molecule has 278 valence electrons. The SMILES string of the molecule is CCCCCCCCCCCC(=O)NC(COC1OC(CO)C(OC2OC(CO)C(O)C(O)C2O)C(O)C1O)C(O)CCCCCC. The summed E-state index contributed by atoms with van der Waals surface area (Å²) in [4.78, 5) is 12.8. The topological polar surface area (TPSA) is 228 Å². The van der Waals surface area contributed by atoms with Crippen LogP contribution in [0, 0.1) is 0 Å². The molecule has 0 aromatic carbocycles. The number of ether oxygens (including phenoxy) is 4. The molecule has 2 rings (SSSR count). The molecule has 2 saturated heterocycles. The van der Waals surface area contributed by atoms with E-state index >= 15 is 0 Å². The Morgan fingerprint density at radius 2 is 1.21 bits per heavy atom. The van der Waals surface area contributed by atoms with Crippen molar-refractivity contribution in [2.24, 2.45) is 0 Å². The maximum atomic E-state index is 12.8. The first-order valence-electron chi connectivity index (χ1n) is 17.8. The van der Waals surface area contributed by atoms with E-state index in [1.807, 2.05) is 0 Å². The van der Waals surface area contributed by atoms with Crippen LogP contribution in [0.15, 0.2) is 0 Å². The summed E-state index contributed by atoms with van der Waals surface area (Å²) in [5, 5.41) is 85.4. The highest BCUT2D eigenvalue weighted by Gasteiger charge is 2.50. The smallest absolute Gasteiger partial charge is 0.220 e. The lowest BCUT2D eigenvalue weighted by molar-refractivity contribution is -0.359. The average Bonchev–Trinajstić information content (AvgIpc) is 3.06. The highest BCUT2D eigenvalue weighted by molar-refractivity contribution is 5.76. The number of rotatable bonds is 24. The van der Waals surface area contributed by atoms with Crippen LogP contribution >= 0.6 is 0 Å². The van der Waals surface area contributed by atoms with Crippen LogP contribution in [-0.2, 0) is 23.7 Å². The summed E-state index contributed by atoms with van der Waals surface area (Å²) in [6.07, 6.45) is -2.07. The van der Waals surface area contributed by atoms with Gasteiger partial charge >= 0.3 is 0 Å². The van der Waals surface area contributed by atoms with Gasteiger partial charge in [-0.3, -0.25) is 4.79 Å². The van der Waals surface area contributed by atoms with E-state index in [4.69, 9.17) is 18.9 Å². The van der Waals surface area contributed by atoms with Crippen molar-refractivity contribution >= 4 is 5.91 Å². The molecule has 2 aliphatic heterocycles. The van der Waals surface area contributed by atoms with Crippen molar-refractivity contribution in [3.05, 3.63) is 0 Å². The van der Waals surface area contributed by atoms with Crippen molar-refractivity contribution in [1.82, 2.24) is 5.32 Å². The molecule has 14 nitrogen and oxygen atoms in total. The number of aliphatic hydroxyl groups excluding tert-OH is 8. The molecular formula is C33H63NO13. The number of amides is 1. The maximum absolute atomic E-state index is 12.8. The van der Waals surface area contributed by atoms with Gasteiger partial charge in [0.05, 0.1) is 32.0 Å². The van der Waals surface area contributed by atoms with E-state index in [1.165, 1.54) is 32.1 Å². The maximum Gasteiger partial charge on any atom is 0.220 e. The quantitative estimate of drug-likeness (QED) is 0.0628. The molecule has 2 aliphatic rings. The lowest BCUT2D eigenvalue weighted by atomic mass is 9.97. The third-order valence-corrected chi connectivity index (χ3v) is 9.07. The molecule has 2 heterocycles. The molecule has 0 aromatic rings. The number of unbranched alkanes of at least 4 members (excludes halogenated alkanes) is 11. The van der Waals surface area contributed by atoms with Crippen LogP contribution in [0.1, 0.15) is 110 Å². The van der Waals surface area contributed by atoms with Gasteiger partial charge in [0.1, 0.15) is 48.8 Å². The molecule has 0 saturated carbocycles. The minimum atomic E-state index is -1.77. The van der Waals surface area contributed by atoms with Crippen molar-refractivity contribution in [2.45, 2.75) is 184 Å². The average molecular weight is 682 g/mol. The Morgan fingerprint density at radius 3 is 1.81 bits per heavy atom. The van der Waals surface area contributed by atoms with Crippen LogP contribution in [0.5, 0.6) is 0 Å². The van der Waals surface area contributed by atoms with E-state index in [0.29, 0.717) is 12.8 Å². The fourth-order valence-corrected chi connectivity index (χ4v) is 6.00. The fourth-order valence-electron chi connectivity index (χ4n) is 6.00. The Bertz CT molecular complexity index is 821. The second-order valence-corrected chi connectivity index (χ2v) is 13.0. The second kappa shape index (κ2) is 23.4. The first-order chi connectivity index (χ1) is 22.6. The minimum absolute atomic E-state index is 0.222. The third kappa shape index (κ3) is 14.0. The van der Waals surface area contributed by atoms with Crippen molar-refractivity contribution in [3.63, 3.8) is 0 Å². The van der Waals surface area contributed by atoms with Crippen molar-refractivity contribution in [2.75, 3.05) is 19.8 Å². The predicted octanol–water partition coefficient (Wildman–Crippen LogP) is 0.364. The van der Waals surface area contributed by atoms with Gasteiger partial charge in [0, 0.05) is 6.42 Å². The number of nitrogens with one attached hydrogen (secondary N) is 1. The van der Waals surface area contributed by atoms with Gasteiger partial charge in [0.25, 0.3) is 0 Å². The Hall–Kier alpha value is -1.01. The van der Waals surface area contributed by atoms with Crippen LogP contribution in [0.2, 0.25) is 0 Å². The Balaban J connectivity index is 1.95. The number of aliphatic hydroxyl groups is 8. The van der Waals surface area contributed by atoms with Crippen molar-refractivity contribution in [3.8, 4) is 0 Å². The summed E-state index contributed by atoms with van der Waals surface area (Å²) in [6, 6.07) is -0.814. The summed E-state index contributed by atoms with van der Waals surface area (Å²) in [7, 11) is 0. The van der Waals surface area contributed by atoms with E-state index in [-0.39, 0.29) is 12.5 Å². The third-order valence-electron chi connectivity index (χ3n) is 9.07. The zero-order valence-corrected chi connectivity index (χ0v) is 28.3. The lowest BCUT2D eigenvalue weighted by Crippen LogP contribution is -2.65. The molecule has 12 atom stereocenters. The lowest BCUT2D eigenvalue weighted by Gasteiger charge is -2.46. The fraction of sp³-hybridized carbons (Fsp3) is 0.970. The predicted molar refractivity (Wildman–Crippen MR) is 171 cm³/mol. The molecule has 0 radical (unpaired) electrons. The highest BCUT2D eigenvalue weighted by atomic mass is 16.7. The molecule has 9 N–H and O–H groups in total. The first kappa shape index (κ1) is 42.2. The van der Waals surface area contributed by atoms with E-state index < -0.39 is 86.8 Å². The van der Waals surface area contributed by atoms with Crippen molar-refractivity contribution in [1.29, 1.82) is 0 Å². The molecule has 0 aromatic heterocycles. The first-order valence-corrected chi connectivity index (χ1v) is 17.8. The van der Waals surface area contributed by atoms with E-state index in [1.54, 1.807) is 0 Å². The molecule has 0 aliphatic carbocycles. The van der Waals surface area contributed by atoms with Gasteiger partial charge in [-0.25, -0.2) is 0 Å². The van der Waals surface area contributed by atoms with Crippen LogP contribution in [0.25, 0.3) is 0 Å². The minimum Gasteiger partial charge on any atom is -0.394 e.